The highest BCUT2D eigenvalue weighted by Crippen LogP contribution is 2.23. The molecule has 0 atom stereocenters. The summed E-state index contributed by atoms with van der Waals surface area (Å²) in [6.07, 6.45) is 3.54. The molecule has 3 aromatic rings. The van der Waals surface area contributed by atoms with Crippen LogP contribution in [0, 0.1) is 5.82 Å². The van der Waals surface area contributed by atoms with Crippen LogP contribution in [0.1, 0.15) is 24.1 Å². The van der Waals surface area contributed by atoms with Gasteiger partial charge in [0.05, 0.1) is 5.75 Å². The number of aromatic amines is 1. The van der Waals surface area contributed by atoms with Gasteiger partial charge in [0, 0.05) is 16.9 Å². The van der Waals surface area contributed by atoms with E-state index in [0.717, 1.165) is 36.9 Å². The number of thioether (sulfide) groups is 1. The lowest BCUT2D eigenvalue weighted by Gasteiger charge is -2.16. The van der Waals surface area contributed by atoms with E-state index in [9.17, 15) is 14.0 Å². The molecule has 2 N–H and O–H groups in total. The van der Waals surface area contributed by atoms with Gasteiger partial charge in [0.1, 0.15) is 5.82 Å². The lowest BCUT2D eigenvalue weighted by molar-refractivity contribution is -0.113. The molecule has 2 aromatic heterocycles. The quantitative estimate of drug-likeness (QED) is 0.684. The summed E-state index contributed by atoms with van der Waals surface area (Å²) < 4.78 is 14.8. The number of benzene rings is 1. The molecule has 134 valence electrons. The first kappa shape index (κ1) is 16.8. The Morgan fingerprint density at radius 2 is 2.00 bits per heavy atom. The van der Waals surface area contributed by atoms with Crippen molar-refractivity contribution in [2.24, 2.45) is 0 Å². The Labute approximate surface area is 152 Å². The molecule has 0 aliphatic heterocycles. The molecule has 7 nitrogen and oxygen atoms in total. The fraction of sp³-hybridized carbons (Fsp3) is 0.294. The number of rotatable bonds is 4. The van der Waals surface area contributed by atoms with Crippen molar-refractivity contribution in [1.82, 2.24) is 19.6 Å². The summed E-state index contributed by atoms with van der Waals surface area (Å²) in [5.41, 5.74) is 2.14. The topological polar surface area (TPSA) is 92.2 Å². The van der Waals surface area contributed by atoms with E-state index in [-0.39, 0.29) is 23.0 Å². The average Bonchev–Trinajstić information content (AvgIpc) is 3.05. The minimum absolute atomic E-state index is 0.106. The Balaban J connectivity index is 1.53. The summed E-state index contributed by atoms with van der Waals surface area (Å²) in [6.45, 7) is 0. The number of hydrogen-bond acceptors (Lipinski definition) is 5. The smallest absolute Gasteiger partial charge is 0.255 e. The minimum Gasteiger partial charge on any atom is -0.325 e. The molecular formula is C17H16FN5O2S. The number of carbonyl (C=O) groups is 1. The van der Waals surface area contributed by atoms with Gasteiger partial charge in [0.15, 0.2) is 5.16 Å². The van der Waals surface area contributed by atoms with Crippen molar-refractivity contribution < 1.29 is 9.18 Å². The zero-order chi connectivity index (χ0) is 18.1. The maximum atomic E-state index is 12.9. The van der Waals surface area contributed by atoms with Gasteiger partial charge in [-0.1, -0.05) is 11.8 Å². The second-order valence-corrected chi connectivity index (χ2v) is 7.01. The van der Waals surface area contributed by atoms with Crippen LogP contribution in [0.4, 0.5) is 10.1 Å². The fourth-order valence-corrected chi connectivity index (χ4v) is 3.86. The zero-order valence-electron chi connectivity index (χ0n) is 13.8. The molecule has 0 radical (unpaired) electrons. The Morgan fingerprint density at radius 1 is 1.23 bits per heavy atom. The highest BCUT2D eigenvalue weighted by molar-refractivity contribution is 7.99. The van der Waals surface area contributed by atoms with Crippen LogP contribution in [0.25, 0.3) is 5.78 Å². The fourth-order valence-electron chi connectivity index (χ4n) is 3.11. The van der Waals surface area contributed by atoms with E-state index < -0.39 is 0 Å². The van der Waals surface area contributed by atoms with Crippen molar-refractivity contribution in [3.05, 3.63) is 51.7 Å². The van der Waals surface area contributed by atoms with Crippen LogP contribution >= 0.6 is 11.8 Å². The van der Waals surface area contributed by atoms with Gasteiger partial charge in [-0.05, 0) is 49.9 Å². The number of H-pyrrole nitrogens is 1. The number of nitrogens with one attached hydrogen (secondary N) is 2. The van der Waals surface area contributed by atoms with Crippen LogP contribution in [0.5, 0.6) is 0 Å². The molecule has 2 heterocycles. The molecule has 0 fully saturated rings. The number of halogens is 1. The number of aromatic nitrogens is 4. The molecule has 1 aliphatic carbocycles. The highest BCUT2D eigenvalue weighted by atomic mass is 32.2. The molecule has 1 amide bonds. The second kappa shape index (κ2) is 6.91. The zero-order valence-corrected chi connectivity index (χ0v) is 14.6. The van der Waals surface area contributed by atoms with Gasteiger partial charge in [-0.2, -0.15) is 0 Å². The molecule has 26 heavy (non-hydrogen) atoms. The minimum atomic E-state index is -0.355. The summed E-state index contributed by atoms with van der Waals surface area (Å²) in [7, 11) is 0. The van der Waals surface area contributed by atoms with Crippen molar-refractivity contribution in [2.75, 3.05) is 11.1 Å². The molecule has 0 bridgehead atoms. The van der Waals surface area contributed by atoms with Crippen molar-refractivity contribution in [1.29, 1.82) is 0 Å². The molecule has 0 saturated carbocycles. The maximum Gasteiger partial charge on any atom is 0.255 e. The van der Waals surface area contributed by atoms with Crippen LogP contribution in [0.2, 0.25) is 0 Å². The van der Waals surface area contributed by atoms with E-state index in [0.29, 0.717) is 16.6 Å². The van der Waals surface area contributed by atoms with Crippen molar-refractivity contribution in [3.63, 3.8) is 0 Å². The Bertz CT molecular complexity index is 1030. The summed E-state index contributed by atoms with van der Waals surface area (Å²) in [5.74, 6) is -0.0497. The van der Waals surface area contributed by atoms with Crippen LogP contribution < -0.4 is 10.9 Å². The summed E-state index contributed by atoms with van der Waals surface area (Å²) in [6, 6.07) is 5.59. The first-order valence-corrected chi connectivity index (χ1v) is 9.28. The van der Waals surface area contributed by atoms with Crippen molar-refractivity contribution in [2.45, 2.75) is 30.8 Å². The third kappa shape index (κ3) is 3.22. The van der Waals surface area contributed by atoms with E-state index >= 15 is 0 Å². The Kier molecular flexibility index (Phi) is 4.46. The third-order valence-corrected chi connectivity index (χ3v) is 5.23. The van der Waals surface area contributed by atoms with Crippen molar-refractivity contribution in [3.8, 4) is 0 Å². The average molecular weight is 373 g/mol. The number of nitrogens with zero attached hydrogens (tertiary/aromatic N) is 3. The third-order valence-electron chi connectivity index (χ3n) is 4.30. The molecule has 9 heteroatoms. The van der Waals surface area contributed by atoms with E-state index in [1.54, 1.807) is 0 Å². The van der Waals surface area contributed by atoms with E-state index in [4.69, 9.17) is 0 Å². The van der Waals surface area contributed by atoms with Gasteiger partial charge in [0.2, 0.25) is 11.7 Å². The highest BCUT2D eigenvalue weighted by Gasteiger charge is 2.20. The van der Waals surface area contributed by atoms with E-state index in [1.165, 1.54) is 36.0 Å². The first-order valence-electron chi connectivity index (χ1n) is 8.29. The van der Waals surface area contributed by atoms with Crippen LogP contribution in [0.15, 0.2) is 34.2 Å². The predicted molar refractivity (Wildman–Crippen MR) is 96.0 cm³/mol. The lowest BCUT2D eigenvalue weighted by Crippen LogP contribution is -2.23. The lowest BCUT2D eigenvalue weighted by atomic mass is 9.97. The maximum absolute atomic E-state index is 12.9. The Hall–Kier alpha value is -2.68. The molecule has 0 spiro atoms. The van der Waals surface area contributed by atoms with Gasteiger partial charge in [-0.3, -0.25) is 19.0 Å². The number of amides is 1. The summed E-state index contributed by atoms with van der Waals surface area (Å²) in [4.78, 5) is 27.0. The van der Waals surface area contributed by atoms with Gasteiger partial charge in [-0.25, -0.2) is 4.39 Å². The number of carbonyl (C=O) groups excluding carboxylic acids is 1. The summed E-state index contributed by atoms with van der Waals surface area (Å²) >= 11 is 1.25. The number of hydrogen-bond donors (Lipinski definition) is 2. The van der Waals surface area contributed by atoms with Crippen LogP contribution in [0.3, 0.4) is 0 Å². The van der Waals surface area contributed by atoms with Gasteiger partial charge in [0.25, 0.3) is 5.56 Å². The van der Waals surface area contributed by atoms with Gasteiger partial charge in [-0.15, -0.1) is 10.2 Å². The molecule has 4 rings (SSSR count). The van der Waals surface area contributed by atoms with E-state index in [1.807, 2.05) is 4.40 Å². The summed E-state index contributed by atoms with van der Waals surface area (Å²) in [5, 5.41) is 11.4. The van der Waals surface area contributed by atoms with Gasteiger partial charge >= 0.3 is 0 Å². The van der Waals surface area contributed by atoms with Gasteiger partial charge < -0.3 is 5.32 Å². The normalized spacial score (nSPS) is 13.6. The molecule has 1 aromatic carbocycles. The van der Waals surface area contributed by atoms with Crippen LogP contribution in [-0.2, 0) is 17.6 Å². The molecule has 0 saturated heterocycles. The largest absolute Gasteiger partial charge is 0.325 e. The van der Waals surface area contributed by atoms with Crippen molar-refractivity contribution >= 4 is 29.1 Å². The Morgan fingerprint density at radius 3 is 2.81 bits per heavy atom. The number of anilines is 1. The first-order chi connectivity index (χ1) is 12.6. The predicted octanol–water partition coefficient (Wildman–Crippen LogP) is 2.17. The molecular weight excluding hydrogens is 357 g/mol. The monoisotopic (exact) mass is 373 g/mol. The number of aryl methyl sites for hydroxylation is 1. The molecule has 1 aliphatic rings. The van der Waals surface area contributed by atoms with E-state index in [2.05, 4.69) is 20.5 Å². The second-order valence-electron chi connectivity index (χ2n) is 6.07. The van der Waals surface area contributed by atoms with Crippen LogP contribution in [-0.4, -0.2) is 31.2 Å². The number of fused-ring (bicyclic) bond motifs is 3. The molecule has 0 unspecified atom stereocenters. The standard InChI is InChI=1S/C17H16FN5O2S/c18-10-5-7-11(8-6-10)19-14(24)9-26-17-22-21-16-20-15(25)12-3-1-2-4-13(12)23(16)17/h5-8H,1-4,9H2,(H,19,24)(H,20,21,25). The SMILES string of the molecule is O=C(CSc1nnc2[nH]c(=O)c3c(n12)CCCC3)Nc1ccc(F)cc1.